The monoisotopic (exact) mass is 374 g/mol. The van der Waals surface area contributed by atoms with E-state index in [0.717, 1.165) is 23.5 Å². The van der Waals surface area contributed by atoms with Crippen LogP contribution in [0.5, 0.6) is 0 Å². The molecule has 1 amide bonds. The first-order valence-corrected chi connectivity index (χ1v) is 7.66. The third-order valence-corrected chi connectivity index (χ3v) is 3.74. The highest BCUT2D eigenvalue weighted by Crippen LogP contribution is 2.30. The molecule has 0 atom stereocenters. The van der Waals surface area contributed by atoms with Crippen molar-refractivity contribution < 1.29 is 18.0 Å². The Morgan fingerprint density at radius 3 is 2.48 bits per heavy atom. The van der Waals surface area contributed by atoms with Gasteiger partial charge in [0.25, 0.3) is 0 Å². The highest BCUT2D eigenvalue weighted by molar-refractivity contribution is 5.92. The number of alkyl halides is 3. The maximum atomic E-state index is 12.9. The van der Waals surface area contributed by atoms with Gasteiger partial charge in [0.1, 0.15) is 5.69 Å². The van der Waals surface area contributed by atoms with E-state index >= 15 is 0 Å². The van der Waals surface area contributed by atoms with Crippen molar-refractivity contribution in [2.24, 2.45) is 5.92 Å². The molecular weight excluding hydrogens is 357 g/mol. The Morgan fingerprint density at radius 2 is 1.88 bits per heavy atom. The van der Waals surface area contributed by atoms with E-state index in [1.165, 1.54) is 25.0 Å². The molecule has 25 heavy (non-hydrogen) atoms. The number of carbonyl (C=O) groups excluding carboxylic acids is 1. The van der Waals surface area contributed by atoms with Crippen molar-refractivity contribution in [1.82, 2.24) is 15.1 Å². The Labute approximate surface area is 149 Å². The summed E-state index contributed by atoms with van der Waals surface area (Å²) < 4.78 is 39.4. The smallest absolute Gasteiger partial charge is 0.325 e. The maximum Gasteiger partial charge on any atom is 0.433 e. The number of amides is 1. The van der Waals surface area contributed by atoms with Crippen LogP contribution in [0.2, 0.25) is 0 Å². The number of anilines is 1. The number of halogens is 4. The van der Waals surface area contributed by atoms with Gasteiger partial charge in [0.2, 0.25) is 5.91 Å². The van der Waals surface area contributed by atoms with Gasteiger partial charge in [-0.1, -0.05) is 0 Å². The molecule has 1 fully saturated rings. The Kier molecular flexibility index (Phi) is 6.07. The van der Waals surface area contributed by atoms with Crippen LogP contribution in [0, 0.1) is 5.92 Å². The molecule has 2 aromatic rings. The van der Waals surface area contributed by atoms with Gasteiger partial charge in [0, 0.05) is 5.69 Å². The minimum atomic E-state index is -4.48. The van der Waals surface area contributed by atoms with Crippen LogP contribution >= 0.6 is 12.4 Å². The van der Waals surface area contributed by atoms with Crippen molar-refractivity contribution in [3.8, 4) is 5.69 Å². The second kappa shape index (κ2) is 7.88. The molecule has 1 saturated carbocycles. The highest BCUT2D eigenvalue weighted by Gasteiger charge is 2.35. The van der Waals surface area contributed by atoms with E-state index < -0.39 is 11.9 Å². The van der Waals surface area contributed by atoms with Crippen LogP contribution in [-0.4, -0.2) is 28.8 Å². The number of nitrogens with zero attached hydrogens (tertiary/aromatic N) is 2. The second-order valence-corrected chi connectivity index (χ2v) is 5.80. The summed E-state index contributed by atoms with van der Waals surface area (Å²) in [6, 6.07) is 6.98. The van der Waals surface area contributed by atoms with Crippen LogP contribution in [0.4, 0.5) is 18.9 Å². The first-order valence-electron chi connectivity index (χ1n) is 7.66. The number of nitrogens with one attached hydrogen (secondary N) is 2. The van der Waals surface area contributed by atoms with Crippen molar-refractivity contribution in [2.45, 2.75) is 19.0 Å². The Bertz CT molecular complexity index is 711. The Morgan fingerprint density at radius 1 is 1.20 bits per heavy atom. The molecule has 136 valence electrons. The number of carbonyl (C=O) groups is 1. The van der Waals surface area contributed by atoms with Crippen LogP contribution in [0.1, 0.15) is 18.5 Å². The standard InChI is InChI=1S/C16H17F3N4O.ClH/c17-16(18,19)14-7-8-21-23(14)13-5-3-12(4-6-13)22-15(24)10-20-9-11-1-2-11;/h3-8,11,20H,1-2,9-10H2,(H,22,24);1H. The predicted octanol–water partition coefficient (Wildman–Crippen LogP) is 3.25. The minimum Gasteiger partial charge on any atom is -0.325 e. The molecular formula is C16H18ClF3N4O. The fourth-order valence-corrected chi connectivity index (χ4v) is 2.33. The second-order valence-electron chi connectivity index (χ2n) is 5.80. The van der Waals surface area contributed by atoms with Crippen LogP contribution in [0.3, 0.4) is 0 Å². The number of rotatable bonds is 6. The average Bonchev–Trinajstić information content (AvgIpc) is 3.20. The van der Waals surface area contributed by atoms with Gasteiger partial charge in [-0.3, -0.25) is 4.79 Å². The van der Waals surface area contributed by atoms with Gasteiger partial charge >= 0.3 is 6.18 Å². The Hall–Kier alpha value is -2.06. The lowest BCUT2D eigenvalue weighted by Crippen LogP contribution is -2.29. The summed E-state index contributed by atoms with van der Waals surface area (Å²) in [7, 11) is 0. The first kappa shape index (κ1) is 19.3. The molecule has 0 bridgehead atoms. The lowest BCUT2D eigenvalue weighted by atomic mass is 10.2. The highest BCUT2D eigenvalue weighted by atomic mass is 35.5. The van der Waals surface area contributed by atoms with Gasteiger partial charge in [0.15, 0.2) is 0 Å². The first-order chi connectivity index (χ1) is 11.4. The number of benzene rings is 1. The van der Waals surface area contributed by atoms with Crippen LogP contribution in [-0.2, 0) is 11.0 Å². The lowest BCUT2D eigenvalue weighted by Gasteiger charge is -2.11. The molecule has 1 aliphatic rings. The zero-order chi connectivity index (χ0) is 17.2. The van der Waals surface area contributed by atoms with Gasteiger partial charge in [-0.2, -0.15) is 18.3 Å². The van der Waals surface area contributed by atoms with E-state index in [1.807, 2.05) is 0 Å². The van der Waals surface area contributed by atoms with Crippen LogP contribution in [0.25, 0.3) is 5.69 Å². The van der Waals surface area contributed by atoms with Crippen molar-refractivity contribution in [3.63, 3.8) is 0 Å². The van der Waals surface area contributed by atoms with E-state index in [9.17, 15) is 18.0 Å². The summed E-state index contributed by atoms with van der Waals surface area (Å²) in [5.74, 6) is 0.507. The van der Waals surface area contributed by atoms with Crippen molar-refractivity contribution in [3.05, 3.63) is 42.2 Å². The zero-order valence-corrected chi connectivity index (χ0v) is 14.0. The van der Waals surface area contributed by atoms with Gasteiger partial charge in [-0.05, 0) is 55.6 Å². The van der Waals surface area contributed by atoms with Gasteiger partial charge < -0.3 is 10.6 Å². The molecule has 9 heteroatoms. The van der Waals surface area contributed by atoms with Gasteiger partial charge in [-0.15, -0.1) is 12.4 Å². The molecule has 0 unspecified atom stereocenters. The summed E-state index contributed by atoms with van der Waals surface area (Å²) in [6.07, 6.45) is -0.951. The molecule has 0 aliphatic heterocycles. The average molecular weight is 375 g/mol. The topological polar surface area (TPSA) is 59.0 Å². The summed E-state index contributed by atoms with van der Waals surface area (Å²) in [5.41, 5.74) is -0.0431. The van der Waals surface area contributed by atoms with Crippen molar-refractivity contribution in [1.29, 1.82) is 0 Å². The van der Waals surface area contributed by atoms with Crippen LogP contribution < -0.4 is 10.6 Å². The van der Waals surface area contributed by atoms with Crippen molar-refractivity contribution >= 4 is 24.0 Å². The summed E-state index contributed by atoms with van der Waals surface area (Å²) >= 11 is 0. The molecule has 1 aromatic carbocycles. The zero-order valence-electron chi connectivity index (χ0n) is 13.2. The Balaban J connectivity index is 0.00000225. The summed E-state index contributed by atoms with van der Waals surface area (Å²) in [6.45, 7) is 1.06. The molecule has 1 heterocycles. The van der Waals surface area contributed by atoms with E-state index in [0.29, 0.717) is 11.6 Å². The van der Waals surface area contributed by atoms with E-state index in [4.69, 9.17) is 0 Å². The number of aromatic nitrogens is 2. The van der Waals surface area contributed by atoms with E-state index in [-0.39, 0.29) is 30.5 Å². The largest absolute Gasteiger partial charge is 0.433 e. The SMILES string of the molecule is Cl.O=C(CNCC1CC1)Nc1ccc(-n2nccc2C(F)(F)F)cc1. The number of hydrogen-bond donors (Lipinski definition) is 2. The summed E-state index contributed by atoms with van der Waals surface area (Å²) in [5, 5.41) is 9.48. The number of hydrogen-bond acceptors (Lipinski definition) is 3. The van der Waals surface area contributed by atoms with Gasteiger partial charge in [0.05, 0.1) is 18.4 Å². The fraction of sp³-hybridized carbons (Fsp3) is 0.375. The third kappa shape index (κ3) is 5.20. The molecule has 3 rings (SSSR count). The molecule has 1 aromatic heterocycles. The normalized spacial score (nSPS) is 14.0. The van der Waals surface area contributed by atoms with Gasteiger partial charge in [-0.25, -0.2) is 4.68 Å². The molecule has 0 saturated heterocycles. The van der Waals surface area contributed by atoms with Crippen LogP contribution in [0.15, 0.2) is 36.5 Å². The molecule has 0 radical (unpaired) electrons. The molecule has 0 spiro atoms. The third-order valence-electron chi connectivity index (χ3n) is 3.74. The van der Waals surface area contributed by atoms with Crippen molar-refractivity contribution in [2.75, 3.05) is 18.4 Å². The lowest BCUT2D eigenvalue weighted by molar-refractivity contribution is -0.142. The maximum absolute atomic E-state index is 12.9. The minimum absolute atomic E-state index is 0. The fourth-order valence-electron chi connectivity index (χ4n) is 2.33. The van der Waals surface area contributed by atoms with E-state index in [1.54, 1.807) is 12.1 Å². The van der Waals surface area contributed by atoms with E-state index in [2.05, 4.69) is 15.7 Å². The summed E-state index contributed by atoms with van der Waals surface area (Å²) in [4.78, 5) is 11.8. The molecule has 1 aliphatic carbocycles. The molecule has 2 N–H and O–H groups in total. The molecule has 5 nitrogen and oxygen atoms in total. The quantitative estimate of drug-likeness (QED) is 0.816. The predicted molar refractivity (Wildman–Crippen MR) is 90.0 cm³/mol.